The molecule has 17 heavy (non-hydrogen) atoms. The molecule has 0 aliphatic heterocycles. The highest BCUT2D eigenvalue weighted by Gasteiger charge is 2.38. The molecule has 0 saturated heterocycles. The SMILES string of the molecule is CC(C)(O)Cc1ccccc1C1(CN)CCC1. The van der Waals surface area contributed by atoms with Crippen molar-refractivity contribution in [3.63, 3.8) is 0 Å². The molecule has 0 spiro atoms. The monoisotopic (exact) mass is 233 g/mol. The molecule has 1 aromatic carbocycles. The standard InChI is InChI=1S/C15H23NO/c1-14(2,17)10-12-6-3-4-7-13(12)15(11-16)8-5-9-15/h3-4,6-7,17H,5,8-11,16H2,1-2H3. The van der Waals surface area contributed by atoms with E-state index in [9.17, 15) is 5.11 Å². The number of aliphatic hydroxyl groups is 1. The highest BCUT2D eigenvalue weighted by atomic mass is 16.3. The van der Waals surface area contributed by atoms with Crippen LogP contribution in [0.1, 0.15) is 44.2 Å². The summed E-state index contributed by atoms with van der Waals surface area (Å²) in [4.78, 5) is 0. The minimum Gasteiger partial charge on any atom is -0.390 e. The van der Waals surface area contributed by atoms with Gasteiger partial charge in [-0.2, -0.15) is 0 Å². The molecule has 0 unspecified atom stereocenters. The molecular formula is C15H23NO. The smallest absolute Gasteiger partial charge is 0.0632 e. The van der Waals surface area contributed by atoms with Crippen LogP contribution in [-0.2, 0) is 11.8 Å². The van der Waals surface area contributed by atoms with Crippen molar-refractivity contribution in [1.82, 2.24) is 0 Å². The van der Waals surface area contributed by atoms with Crippen LogP contribution in [0.4, 0.5) is 0 Å². The molecule has 0 amide bonds. The summed E-state index contributed by atoms with van der Waals surface area (Å²) < 4.78 is 0. The molecule has 2 nitrogen and oxygen atoms in total. The van der Waals surface area contributed by atoms with E-state index in [0.29, 0.717) is 6.42 Å². The number of benzene rings is 1. The Morgan fingerprint density at radius 1 is 1.29 bits per heavy atom. The van der Waals surface area contributed by atoms with Gasteiger partial charge in [0.25, 0.3) is 0 Å². The normalized spacial score (nSPS) is 18.8. The van der Waals surface area contributed by atoms with Gasteiger partial charge in [-0.1, -0.05) is 30.7 Å². The fraction of sp³-hybridized carbons (Fsp3) is 0.600. The molecule has 94 valence electrons. The van der Waals surface area contributed by atoms with E-state index in [1.807, 2.05) is 19.9 Å². The van der Waals surface area contributed by atoms with Crippen LogP contribution in [0.2, 0.25) is 0 Å². The number of rotatable bonds is 4. The summed E-state index contributed by atoms with van der Waals surface area (Å²) in [5, 5.41) is 9.99. The van der Waals surface area contributed by atoms with Crippen LogP contribution in [0.3, 0.4) is 0 Å². The quantitative estimate of drug-likeness (QED) is 0.838. The maximum absolute atomic E-state index is 9.99. The van der Waals surface area contributed by atoms with Gasteiger partial charge < -0.3 is 10.8 Å². The van der Waals surface area contributed by atoms with E-state index in [0.717, 1.165) is 6.54 Å². The predicted octanol–water partition coefficient (Wildman–Crippen LogP) is 2.38. The fourth-order valence-corrected chi connectivity index (χ4v) is 2.84. The van der Waals surface area contributed by atoms with Gasteiger partial charge in [0.05, 0.1) is 5.60 Å². The van der Waals surface area contributed by atoms with Crippen LogP contribution >= 0.6 is 0 Å². The lowest BCUT2D eigenvalue weighted by atomic mass is 9.63. The lowest BCUT2D eigenvalue weighted by Gasteiger charge is -2.43. The summed E-state index contributed by atoms with van der Waals surface area (Å²) in [6.45, 7) is 4.44. The lowest BCUT2D eigenvalue weighted by molar-refractivity contribution is 0.0800. The van der Waals surface area contributed by atoms with Crippen molar-refractivity contribution >= 4 is 0 Å². The molecule has 2 heteroatoms. The highest BCUT2D eigenvalue weighted by Crippen LogP contribution is 2.44. The van der Waals surface area contributed by atoms with Crippen LogP contribution in [-0.4, -0.2) is 17.3 Å². The molecule has 2 rings (SSSR count). The first-order valence-electron chi connectivity index (χ1n) is 6.48. The molecule has 0 radical (unpaired) electrons. The summed E-state index contributed by atoms with van der Waals surface area (Å²) in [6, 6.07) is 8.45. The Labute approximate surface area is 104 Å². The van der Waals surface area contributed by atoms with Crippen molar-refractivity contribution in [1.29, 1.82) is 0 Å². The maximum Gasteiger partial charge on any atom is 0.0632 e. The predicted molar refractivity (Wildman–Crippen MR) is 71.0 cm³/mol. The second kappa shape index (κ2) is 4.43. The van der Waals surface area contributed by atoms with Crippen molar-refractivity contribution in [2.24, 2.45) is 5.73 Å². The second-order valence-corrected chi connectivity index (χ2v) is 5.98. The topological polar surface area (TPSA) is 46.2 Å². The summed E-state index contributed by atoms with van der Waals surface area (Å²) in [7, 11) is 0. The first kappa shape index (κ1) is 12.6. The van der Waals surface area contributed by atoms with Gasteiger partial charge in [0, 0.05) is 18.4 Å². The molecule has 1 aromatic rings. The fourth-order valence-electron chi connectivity index (χ4n) is 2.84. The van der Waals surface area contributed by atoms with Crippen LogP contribution in [0, 0.1) is 0 Å². The Kier molecular flexibility index (Phi) is 3.28. The van der Waals surface area contributed by atoms with Crippen molar-refractivity contribution in [2.45, 2.75) is 50.5 Å². The van der Waals surface area contributed by atoms with Crippen LogP contribution < -0.4 is 5.73 Å². The Morgan fingerprint density at radius 3 is 2.41 bits per heavy atom. The minimum absolute atomic E-state index is 0.182. The van der Waals surface area contributed by atoms with Crippen LogP contribution in [0.15, 0.2) is 24.3 Å². The van der Waals surface area contributed by atoms with Gasteiger partial charge in [-0.15, -0.1) is 0 Å². The van der Waals surface area contributed by atoms with E-state index in [4.69, 9.17) is 5.73 Å². The van der Waals surface area contributed by atoms with E-state index in [1.165, 1.54) is 30.4 Å². The Bertz CT molecular complexity index is 383. The Hall–Kier alpha value is -0.860. The number of hydrogen-bond donors (Lipinski definition) is 2. The van der Waals surface area contributed by atoms with Gasteiger partial charge in [-0.3, -0.25) is 0 Å². The van der Waals surface area contributed by atoms with E-state index in [1.54, 1.807) is 0 Å². The second-order valence-electron chi connectivity index (χ2n) is 5.98. The van der Waals surface area contributed by atoms with Crippen molar-refractivity contribution in [2.75, 3.05) is 6.54 Å². The molecule has 1 fully saturated rings. The third-order valence-corrected chi connectivity index (χ3v) is 3.91. The van der Waals surface area contributed by atoms with Crippen LogP contribution in [0.25, 0.3) is 0 Å². The van der Waals surface area contributed by atoms with Gasteiger partial charge in [0.2, 0.25) is 0 Å². The van der Waals surface area contributed by atoms with Gasteiger partial charge in [-0.25, -0.2) is 0 Å². The number of nitrogens with two attached hydrogens (primary N) is 1. The van der Waals surface area contributed by atoms with Crippen molar-refractivity contribution in [3.05, 3.63) is 35.4 Å². The van der Waals surface area contributed by atoms with E-state index >= 15 is 0 Å². The zero-order valence-corrected chi connectivity index (χ0v) is 10.9. The lowest BCUT2D eigenvalue weighted by Crippen LogP contribution is -2.42. The average Bonchev–Trinajstić information content (AvgIpc) is 2.17. The summed E-state index contributed by atoms with van der Waals surface area (Å²) in [6.07, 6.45) is 4.34. The maximum atomic E-state index is 9.99. The van der Waals surface area contributed by atoms with E-state index in [-0.39, 0.29) is 5.41 Å². The summed E-state index contributed by atoms with van der Waals surface area (Å²) in [5.41, 5.74) is 8.11. The largest absolute Gasteiger partial charge is 0.390 e. The van der Waals surface area contributed by atoms with Crippen molar-refractivity contribution < 1.29 is 5.11 Å². The first-order chi connectivity index (χ1) is 7.97. The molecule has 1 saturated carbocycles. The molecule has 1 aliphatic rings. The van der Waals surface area contributed by atoms with Gasteiger partial charge >= 0.3 is 0 Å². The third kappa shape index (κ3) is 2.53. The summed E-state index contributed by atoms with van der Waals surface area (Å²) in [5.74, 6) is 0. The molecule has 0 heterocycles. The summed E-state index contributed by atoms with van der Waals surface area (Å²) >= 11 is 0. The average molecular weight is 233 g/mol. The Balaban J connectivity index is 2.34. The first-order valence-corrected chi connectivity index (χ1v) is 6.48. The molecule has 3 N–H and O–H groups in total. The minimum atomic E-state index is -0.657. The molecule has 1 aliphatic carbocycles. The van der Waals surface area contributed by atoms with E-state index < -0.39 is 5.60 Å². The molecular weight excluding hydrogens is 210 g/mol. The van der Waals surface area contributed by atoms with E-state index in [2.05, 4.69) is 18.2 Å². The van der Waals surface area contributed by atoms with Crippen molar-refractivity contribution in [3.8, 4) is 0 Å². The zero-order chi connectivity index (χ0) is 12.5. The van der Waals surface area contributed by atoms with Gasteiger partial charge in [-0.05, 0) is 37.8 Å². The molecule has 0 bridgehead atoms. The zero-order valence-electron chi connectivity index (χ0n) is 10.9. The van der Waals surface area contributed by atoms with Gasteiger partial charge in [0.15, 0.2) is 0 Å². The third-order valence-electron chi connectivity index (χ3n) is 3.91. The number of hydrogen-bond acceptors (Lipinski definition) is 2. The molecule has 0 atom stereocenters. The highest BCUT2D eigenvalue weighted by molar-refractivity contribution is 5.37. The van der Waals surface area contributed by atoms with Crippen LogP contribution in [0.5, 0.6) is 0 Å². The molecule has 0 aromatic heterocycles. The van der Waals surface area contributed by atoms with Gasteiger partial charge in [0.1, 0.15) is 0 Å². The Morgan fingerprint density at radius 2 is 1.94 bits per heavy atom.